The van der Waals surface area contributed by atoms with Crippen LogP contribution in [0.25, 0.3) is 0 Å². The minimum absolute atomic E-state index is 0.196. The molecule has 0 aromatic rings. The molecule has 0 aliphatic rings. The molecule has 0 aromatic carbocycles. The van der Waals surface area contributed by atoms with Gasteiger partial charge in [0.25, 0.3) is 0 Å². The molecule has 0 aromatic heterocycles. The van der Waals surface area contributed by atoms with Gasteiger partial charge in [-0.05, 0) is 0 Å². The molecule has 3 N–H and O–H groups in total. The van der Waals surface area contributed by atoms with Crippen molar-refractivity contribution in [3.63, 3.8) is 0 Å². The summed E-state index contributed by atoms with van der Waals surface area (Å²) >= 11 is 10.2. The number of rotatable bonds is 1. The van der Waals surface area contributed by atoms with Crippen LogP contribution >= 0.6 is 23.2 Å². The normalized spacial score (nSPS) is 11.7. The number of hydrogen-bond donors (Lipinski definition) is 2. The molecule has 0 atom stereocenters. The van der Waals surface area contributed by atoms with Crippen molar-refractivity contribution in [2.45, 2.75) is 0 Å². The van der Waals surface area contributed by atoms with Gasteiger partial charge in [-0.2, -0.15) is 5.26 Å². The molecular weight excluding hydrogens is 161 g/mol. The van der Waals surface area contributed by atoms with Gasteiger partial charge in [-0.25, -0.2) is 0 Å². The van der Waals surface area contributed by atoms with Gasteiger partial charge >= 0.3 is 0 Å². The van der Waals surface area contributed by atoms with Gasteiger partial charge in [0, 0.05) is 0 Å². The van der Waals surface area contributed by atoms with Crippen molar-refractivity contribution in [3.8, 4) is 6.07 Å². The maximum atomic E-state index is 8.17. The third-order valence-electron chi connectivity index (χ3n) is 0.570. The van der Waals surface area contributed by atoms with E-state index in [-0.39, 0.29) is 10.7 Å². The molecule has 0 amide bonds. The Balaban J connectivity index is 4.62. The Morgan fingerprint density at radius 1 is 1.56 bits per heavy atom. The first-order valence-corrected chi connectivity index (χ1v) is 2.65. The molecule has 0 saturated heterocycles. The van der Waals surface area contributed by atoms with Crippen LogP contribution in [0.2, 0.25) is 0 Å². The fourth-order valence-electron chi connectivity index (χ4n) is 0.207. The Morgan fingerprint density at radius 3 is 2.00 bits per heavy atom. The van der Waals surface area contributed by atoms with E-state index in [1.165, 1.54) is 0 Å². The van der Waals surface area contributed by atoms with Gasteiger partial charge in [-0.1, -0.05) is 23.2 Å². The Labute approximate surface area is 62.2 Å². The van der Waals surface area contributed by atoms with Crippen molar-refractivity contribution in [2.24, 2.45) is 5.73 Å². The first-order chi connectivity index (χ1) is 4.09. The fraction of sp³-hybridized carbons (Fsp3) is 0. The predicted molar refractivity (Wildman–Crippen MR) is 36.3 cm³/mol. The molecule has 0 spiro atoms. The molecule has 0 fully saturated rings. The number of nitriles is 1. The van der Waals surface area contributed by atoms with Gasteiger partial charge in [0.05, 0.1) is 0 Å². The van der Waals surface area contributed by atoms with E-state index in [9.17, 15) is 0 Å². The molecule has 48 valence electrons. The average Bonchev–Trinajstić information content (AvgIpc) is 1.64. The molecule has 0 rings (SSSR count). The zero-order chi connectivity index (χ0) is 7.44. The second kappa shape index (κ2) is 3.33. The highest BCUT2D eigenvalue weighted by Crippen LogP contribution is 2.05. The summed E-state index contributed by atoms with van der Waals surface area (Å²) in [7, 11) is 0. The van der Waals surface area contributed by atoms with Crippen molar-refractivity contribution in [3.05, 3.63) is 10.7 Å². The summed E-state index contributed by atoms with van der Waals surface area (Å²) in [6.07, 6.45) is 0. The molecule has 9 heavy (non-hydrogen) atoms. The lowest BCUT2D eigenvalue weighted by molar-refractivity contribution is 1.43. The fourth-order valence-corrected chi connectivity index (χ4v) is 0.536. The number of hydrogen-bond acceptors (Lipinski definition) is 3. The van der Waals surface area contributed by atoms with Gasteiger partial charge in [0.1, 0.15) is 22.0 Å². The zero-order valence-electron chi connectivity index (χ0n) is 4.28. The van der Waals surface area contributed by atoms with Crippen LogP contribution in [0.15, 0.2) is 10.7 Å². The summed E-state index contributed by atoms with van der Waals surface area (Å²) in [5.74, 6) is 0. The van der Waals surface area contributed by atoms with Crippen LogP contribution in [-0.2, 0) is 0 Å². The average molecular weight is 164 g/mol. The van der Waals surface area contributed by atoms with Crippen LogP contribution in [0.3, 0.4) is 0 Å². The van der Waals surface area contributed by atoms with Crippen molar-refractivity contribution in [2.75, 3.05) is 0 Å². The highest BCUT2D eigenvalue weighted by atomic mass is 35.5. The van der Waals surface area contributed by atoms with Crippen LogP contribution in [0, 0.1) is 16.7 Å². The minimum Gasteiger partial charge on any atom is -0.388 e. The summed E-state index contributed by atoms with van der Waals surface area (Å²) in [5.41, 5.74) is 4.75. The van der Waals surface area contributed by atoms with E-state index in [0.717, 1.165) is 0 Å². The van der Waals surface area contributed by atoms with Crippen LogP contribution in [0.5, 0.6) is 0 Å². The Kier molecular flexibility index (Phi) is 3.07. The Bertz CT molecular complexity index is 196. The maximum absolute atomic E-state index is 8.17. The van der Waals surface area contributed by atoms with Crippen molar-refractivity contribution < 1.29 is 0 Å². The lowest BCUT2D eigenvalue weighted by Gasteiger charge is -1.89. The first kappa shape index (κ1) is 8.28. The van der Waals surface area contributed by atoms with Crippen LogP contribution < -0.4 is 5.73 Å². The summed E-state index contributed by atoms with van der Waals surface area (Å²) in [6, 6.07) is 1.57. The smallest absolute Gasteiger partial charge is 0.141 e. The van der Waals surface area contributed by atoms with E-state index in [1.54, 1.807) is 6.07 Å². The summed E-state index contributed by atoms with van der Waals surface area (Å²) in [6.45, 7) is 0. The van der Waals surface area contributed by atoms with Gasteiger partial charge in [0.15, 0.2) is 0 Å². The molecule has 3 nitrogen and oxygen atoms in total. The largest absolute Gasteiger partial charge is 0.388 e. The van der Waals surface area contributed by atoms with Gasteiger partial charge in [0.2, 0.25) is 0 Å². The highest BCUT2D eigenvalue weighted by molar-refractivity contribution is 6.69. The van der Waals surface area contributed by atoms with Crippen molar-refractivity contribution >= 4 is 28.4 Å². The second-order valence-corrected chi connectivity index (χ2v) is 1.93. The summed E-state index contributed by atoms with van der Waals surface area (Å²) in [5, 5.41) is 14.2. The van der Waals surface area contributed by atoms with E-state index >= 15 is 0 Å². The van der Waals surface area contributed by atoms with Crippen LogP contribution in [-0.4, -0.2) is 5.17 Å². The Hall–Kier alpha value is -0.720. The molecule has 5 heteroatoms. The molecule has 0 radical (unpaired) electrons. The topological polar surface area (TPSA) is 73.7 Å². The van der Waals surface area contributed by atoms with Crippen molar-refractivity contribution in [1.29, 1.82) is 10.7 Å². The number of halogens is 2. The maximum Gasteiger partial charge on any atom is 0.141 e. The molecule has 0 aliphatic heterocycles. The number of allylic oxidation sites excluding steroid dienone is 1. The molecule has 0 unspecified atom stereocenters. The monoisotopic (exact) mass is 163 g/mol. The number of nitrogens with one attached hydrogen (secondary N) is 1. The highest BCUT2D eigenvalue weighted by Gasteiger charge is 2.03. The summed E-state index contributed by atoms with van der Waals surface area (Å²) in [4.78, 5) is 0. The van der Waals surface area contributed by atoms with E-state index < -0.39 is 5.17 Å². The van der Waals surface area contributed by atoms with Gasteiger partial charge in [-0.15, -0.1) is 0 Å². The van der Waals surface area contributed by atoms with E-state index in [0.29, 0.717) is 0 Å². The first-order valence-electron chi connectivity index (χ1n) is 1.89. The van der Waals surface area contributed by atoms with Crippen molar-refractivity contribution in [1.82, 2.24) is 0 Å². The number of nitrogens with zero attached hydrogens (tertiary/aromatic N) is 1. The van der Waals surface area contributed by atoms with Gasteiger partial charge in [-0.3, -0.25) is 5.41 Å². The number of nitrogens with two attached hydrogens (primary N) is 1. The zero-order valence-corrected chi connectivity index (χ0v) is 5.79. The lowest BCUT2D eigenvalue weighted by atomic mass is 10.3. The Morgan fingerprint density at radius 2 is 2.00 bits per heavy atom. The van der Waals surface area contributed by atoms with Crippen LogP contribution in [0.4, 0.5) is 0 Å². The van der Waals surface area contributed by atoms with E-state index in [4.69, 9.17) is 39.6 Å². The van der Waals surface area contributed by atoms with Gasteiger partial charge < -0.3 is 5.73 Å². The SMILES string of the molecule is N#C/C(C(=N)Cl)=C(/N)Cl. The minimum atomic E-state index is -0.440. The predicted octanol–water partition coefficient (Wildman–Crippen LogP) is 1.14. The quantitative estimate of drug-likeness (QED) is 0.346. The standard InChI is InChI=1S/C4H3Cl2N3/c5-3(8)2(1-7)4(6)9/h8H,9H2/b4-2-,8-3?. The molecule has 0 bridgehead atoms. The third-order valence-corrected chi connectivity index (χ3v) is 0.948. The summed E-state index contributed by atoms with van der Waals surface area (Å²) < 4.78 is 0. The van der Waals surface area contributed by atoms with E-state index in [1.807, 2.05) is 0 Å². The van der Waals surface area contributed by atoms with E-state index in [2.05, 4.69) is 0 Å². The molecule has 0 aliphatic carbocycles. The third kappa shape index (κ3) is 2.36. The second-order valence-electron chi connectivity index (χ2n) is 1.15. The molecular formula is C4H3Cl2N3. The molecule has 0 heterocycles. The van der Waals surface area contributed by atoms with Crippen LogP contribution in [0.1, 0.15) is 0 Å². The molecule has 0 saturated carbocycles. The lowest BCUT2D eigenvalue weighted by Crippen LogP contribution is -1.99.